The summed E-state index contributed by atoms with van der Waals surface area (Å²) in [6.07, 6.45) is 7.45. The van der Waals surface area contributed by atoms with Crippen LogP contribution in [-0.2, 0) is 0 Å². The van der Waals surface area contributed by atoms with Crippen LogP contribution < -0.4 is 5.43 Å². The van der Waals surface area contributed by atoms with E-state index in [1.165, 1.54) is 28.0 Å². The van der Waals surface area contributed by atoms with Crippen LogP contribution in [0.5, 0.6) is 0 Å². The van der Waals surface area contributed by atoms with Gasteiger partial charge in [0.2, 0.25) is 0 Å². The van der Waals surface area contributed by atoms with Crippen LogP contribution in [0.3, 0.4) is 0 Å². The minimum Gasteiger partial charge on any atom is -0.378 e. The first kappa shape index (κ1) is 20.9. The number of nitrogens with one attached hydrogen (secondary N) is 1. The number of benzene rings is 2. The number of hydrogen-bond acceptors (Lipinski definition) is 3. The molecule has 2 aromatic carbocycles. The molecule has 0 saturated heterocycles. The zero-order valence-corrected chi connectivity index (χ0v) is 18.5. The van der Waals surface area contributed by atoms with Gasteiger partial charge in [-0.1, -0.05) is 76.2 Å². The van der Waals surface area contributed by atoms with Crippen molar-refractivity contribution in [3.63, 3.8) is 0 Å². The molecule has 1 aliphatic carbocycles. The van der Waals surface area contributed by atoms with Crippen LogP contribution in [0.1, 0.15) is 68.2 Å². The largest absolute Gasteiger partial charge is 0.378 e. The third-order valence-electron chi connectivity index (χ3n) is 5.43. The lowest BCUT2D eigenvalue weighted by molar-refractivity contribution is 0.531. The average molecular weight is 388 g/mol. The van der Waals surface area contributed by atoms with E-state index in [1.807, 2.05) is 6.21 Å². The number of rotatable bonds is 7. The maximum atomic E-state index is 4.65. The summed E-state index contributed by atoms with van der Waals surface area (Å²) < 4.78 is 0. The molecule has 1 aliphatic rings. The average Bonchev–Trinajstić information content (AvgIpc) is 3.18. The first-order valence-corrected chi connectivity index (χ1v) is 10.5. The Labute approximate surface area is 175 Å². The monoisotopic (exact) mass is 387 g/mol. The summed E-state index contributed by atoms with van der Waals surface area (Å²) in [5.41, 5.74) is 12.1. The van der Waals surface area contributed by atoms with Crippen molar-refractivity contribution in [2.24, 2.45) is 5.10 Å². The molecule has 3 rings (SSSR count). The minimum atomic E-state index is 0.442. The van der Waals surface area contributed by atoms with Crippen LogP contribution in [0.4, 0.5) is 5.69 Å². The third kappa shape index (κ3) is 4.79. The van der Waals surface area contributed by atoms with Crippen molar-refractivity contribution in [1.82, 2.24) is 4.90 Å². The van der Waals surface area contributed by atoms with Crippen molar-refractivity contribution < 1.29 is 0 Å². The third-order valence-corrected chi connectivity index (χ3v) is 5.43. The molecule has 0 atom stereocenters. The van der Waals surface area contributed by atoms with Gasteiger partial charge >= 0.3 is 0 Å². The van der Waals surface area contributed by atoms with Gasteiger partial charge in [-0.25, -0.2) is 0 Å². The van der Waals surface area contributed by atoms with Gasteiger partial charge in [0, 0.05) is 25.4 Å². The fraction of sp³-hybridized carbons (Fsp3) is 0.346. The van der Waals surface area contributed by atoms with E-state index in [4.69, 9.17) is 0 Å². The lowest BCUT2D eigenvalue weighted by Gasteiger charge is -2.18. The summed E-state index contributed by atoms with van der Waals surface area (Å²) in [6, 6.07) is 15.0. The summed E-state index contributed by atoms with van der Waals surface area (Å²) in [7, 11) is 4.17. The number of hydrazone groups is 1. The van der Waals surface area contributed by atoms with Gasteiger partial charge in [-0.15, -0.1) is 0 Å². The minimum absolute atomic E-state index is 0.442. The Morgan fingerprint density at radius 2 is 1.59 bits per heavy atom. The van der Waals surface area contributed by atoms with Gasteiger partial charge in [0.15, 0.2) is 0 Å². The first-order chi connectivity index (χ1) is 13.9. The van der Waals surface area contributed by atoms with Crippen LogP contribution >= 0.6 is 0 Å². The lowest BCUT2D eigenvalue weighted by Crippen LogP contribution is -2.07. The maximum absolute atomic E-state index is 4.65. The summed E-state index contributed by atoms with van der Waals surface area (Å²) in [5, 5.41) is 4.65. The highest BCUT2D eigenvalue weighted by molar-refractivity contribution is 5.90. The molecule has 1 N–H and O–H groups in total. The van der Waals surface area contributed by atoms with Crippen LogP contribution in [-0.4, -0.2) is 25.2 Å². The van der Waals surface area contributed by atoms with E-state index in [9.17, 15) is 0 Å². The van der Waals surface area contributed by atoms with E-state index in [2.05, 4.69) is 112 Å². The van der Waals surface area contributed by atoms with Crippen LogP contribution in [0.15, 0.2) is 65.4 Å². The Hall–Kier alpha value is -2.81. The Morgan fingerprint density at radius 1 is 0.931 bits per heavy atom. The quantitative estimate of drug-likeness (QED) is 0.427. The zero-order valence-electron chi connectivity index (χ0n) is 18.5. The Bertz CT molecular complexity index is 920. The van der Waals surface area contributed by atoms with Gasteiger partial charge in [-0.3, -0.25) is 5.43 Å². The molecule has 0 radical (unpaired) electrons. The normalized spacial score (nSPS) is 13.9. The molecule has 0 amide bonds. The van der Waals surface area contributed by atoms with E-state index in [0.29, 0.717) is 11.8 Å². The van der Waals surface area contributed by atoms with Gasteiger partial charge in [0.25, 0.3) is 0 Å². The number of anilines is 1. The molecule has 29 heavy (non-hydrogen) atoms. The van der Waals surface area contributed by atoms with E-state index in [0.717, 1.165) is 17.7 Å². The zero-order chi connectivity index (χ0) is 21.0. The molecule has 0 aliphatic heterocycles. The second-order valence-electron chi connectivity index (χ2n) is 8.48. The molecule has 0 heterocycles. The molecular formula is C26H33N3. The number of nitrogens with zero attached hydrogens (tertiary/aromatic N) is 2. The molecule has 0 aromatic heterocycles. The number of hydrogen-bond donors (Lipinski definition) is 1. The van der Waals surface area contributed by atoms with Gasteiger partial charge in [-0.2, -0.15) is 5.10 Å². The van der Waals surface area contributed by atoms with Crippen molar-refractivity contribution in [2.75, 3.05) is 19.5 Å². The highest BCUT2D eigenvalue weighted by Crippen LogP contribution is 2.33. The van der Waals surface area contributed by atoms with E-state index in [1.54, 1.807) is 0 Å². The summed E-state index contributed by atoms with van der Waals surface area (Å²) >= 11 is 0. The maximum Gasteiger partial charge on any atom is 0.0630 e. The summed E-state index contributed by atoms with van der Waals surface area (Å²) in [5.74, 6) is 0.885. The fourth-order valence-corrected chi connectivity index (χ4v) is 3.76. The molecule has 2 aromatic rings. The lowest BCUT2D eigenvalue weighted by atomic mass is 9.93. The Balaban J connectivity index is 1.88. The number of allylic oxidation sites excluding steroid dienone is 3. The van der Waals surface area contributed by atoms with Crippen LogP contribution in [0.25, 0.3) is 5.57 Å². The second-order valence-corrected chi connectivity index (χ2v) is 8.48. The number of likely N-dealkylation sites (N-methyl/N-ethyl adjacent to an activating group) is 1. The summed E-state index contributed by atoms with van der Waals surface area (Å²) in [6.45, 7) is 8.91. The van der Waals surface area contributed by atoms with E-state index in [-0.39, 0.29) is 0 Å². The topological polar surface area (TPSA) is 27.6 Å². The van der Waals surface area contributed by atoms with Crippen molar-refractivity contribution in [3.05, 3.63) is 82.6 Å². The molecule has 0 unspecified atom stereocenters. The SMILES string of the molecule is CC(C)c1cccc(C(C)C)c1NN=Cc1ccccc1C1=CC(N(C)C)=CC1. The van der Waals surface area contributed by atoms with Crippen molar-refractivity contribution in [3.8, 4) is 0 Å². The fourth-order valence-electron chi connectivity index (χ4n) is 3.76. The molecule has 152 valence electrons. The van der Waals surface area contributed by atoms with Gasteiger partial charge in [0.05, 0.1) is 11.9 Å². The van der Waals surface area contributed by atoms with Gasteiger partial charge in [0.1, 0.15) is 0 Å². The molecule has 0 bridgehead atoms. The van der Waals surface area contributed by atoms with Gasteiger partial charge in [-0.05, 0) is 46.6 Å². The molecule has 3 nitrogen and oxygen atoms in total. The van der Waals surface area contributed by atoms with Gasteiger partial charge < -0.3 is 4.90 Å². The highest BCUT2D eigenvalue weighted by Gasteiger charge is 2.14. The second kappa shape index (κ2) is 9.13. The summed E-state index contributed by atoms with van der Waals surface area (Å²) in [4.78, 5) is 2.15. The number of para-hydroxylation sites is 1. The predicted molar refractivity (Wildman–Crippen MR) is 127 cm³/mol. The molecule has 0 saturated carbocycles. The van der Waals surface area contributed by atoms with Crippen LogP contribution in [0.2, 0.25) is 0 Å². The molecule has 0 fully saturated rings. The molecular weight excluding hydrogens is 354 g/mol. The standard InChI is InChI=1S/C26H33N3/c1-18(2)23-12-9-13-24(19(3)4)26(23)28-27-17-21-10-7-8-11-25(21)20-14-15-22(16-20)29(5)6/h7-13,15-19,28H,14H2,1-6H3. The van der Waals surface area contributed by atoms with Crippen molar-refractivity contribution in [1.29, 1.82) is 0 Å². The van der Waals surface area contributed by atoms with Crippen molar-refractivity contribution in [2.45, 2.75) is 46.0 Å². The highest BCUT2D eigenvalue weighted by atomic mass is 15.3. The van der Waals surface area contributed by atoms with E-state index >= 15 is 0 Å². The Morgan fingerprint density at radius 3 is 2.17 bits per heavy atom. The smallest absolute Gasteiger partial charge is 0.0630 e. The molecule has 0 spiro atoms. The van der Waals surface area contributed by atoms with E-state index < -0.39 is 0 Å². The Kier molecular flexibility index (Phi) is 6.58. The first-order valence-electron chi connectivity index (χ1n) is 10.5. The van der Waals surface area contributed by atoms with Crippen molar-refractivity contribution >= 4 is 17.5 Å². The molecule has 3 heteroatoms. The van der Waals surface area contributed by atoms with Crippen LogP contribution in [0, 0.1) is 0 Å². The predicted octanol–water partition coefficient (Wildman–Crippen LogP) is 6.61.